The highest BCUT2D eigenvalue weighted by atomic mass is 16.5. The summed E-state index contributed by atoms with van der Waals surface area (Å²) < 4.78 is 11.6. The van der Waals surface area contributed by atoms with Crippen molar-refractivity contribution >= 4 is 11.6 Å². The first-order chi connectivity index (χ1) is 13.6. The molecule has 6 aliphatic rings. The zero-order valence-corrected chi connectivity index (χ0v) is 15.9. The largest absolute Gasteiger partial charge is 0.504 e. The first kappa shape index (κ1) is 15.8. The van der Waals surface area contributed by atoms with Gasteiger partial charge in [0.15, 0.2) is 11.5 Å². The number of piperidine rings is 2. The molecule has 4 fully saturated rings. The number of hydrogen-bond donors (Lipinski definition) is 1. The molecular formula is C22H24N2O4. The van der Waals surface area contributed by atoms with Gasteiger partial charge >= 0.3 is 0 Å². The van der Waals surface area contributed by atoms with Crippen LogP contribution < -0.4 is 9.64 Å². The standard InChI is InChI=1S/C22H24N2O4/c1-27-16-8-14-13(7-15(16)25)22-3-4-23-10-11-2-5-28-17-9-19(26)24(14)21(22)20(17)12(11)6-18(22)23/h2,7-8,12,17-18,20-21,25H,3-6,9-10H2,1H3/t12-,17-,18-,20-,21-,22+/m0/s1. The van der Waals surface area contributed by atoms with Crippen molar-refractivity contribution in [3.8, 4) is 11.5 Å². The van der Waals surface area contributed by atoms with Crippen molar-refractivity contribution in [2.24, 2.45) is 11.8 Å². The van der Waals surface area contributed by atoms with E-state index in [1.165, 1.54) is 5.57 Å². The van der Waals surface area contributed by atoms with Gasteiger partial charge in [0.2, 0.25) is 5.91 Å². The maximum absolute atomic E-state index is 13.4. The Kier molecular flexibility index (Phi) is 2.78. The van der Waals surface area contributed by atoms with Gasteiger partial charge in [-0.15, -0.1) is 0 Å². The van der Waals surface area contributed by atoms with Gasteiger partial charge in [0, 0.05) is 30.0 Å². The maximum atomic E-state index is 13.4. The molecule has 3 saturated heterocycles. The first-order valence-corrected chi connectivity index (χ1v) is 10.4. The molecule has 5 aliphatic heterocycles. The van der Waals surface area contributed by atoms with Crippen LogP contribution in [0.15, 0.2) is 23.8 Å². The Hall–Kier alpha value is -2.05. The second kappa shape index (κ2) is 4.92. The SMILES string of the molecule is COc1cc2c(cc1O)[C@@]13CCN4CC5=CCO[C@H]6CC(=O)N2[C@H]1[C@H]6[C@H]5C[C@H]43. The number of phenols is 1. The summed E-state index contributed by atoms with van der Waals surface area (Å²) in [6.07, 6.45) is 4.92. The number of carbonyl (C=O) groups excluding carboxylic acids is 1. The molecule has 7 rings (SSSR count). The van der Waals surface area contributed by atoms with Crippen molar-refractivity contribution < 1.29 is 19.4 Å². The number of aromatic hydroxyl groups is 1. The van der Waals surface area contributed by atoms with Crippen LogP contribution in [0.3, 0.4) is 0 Å². The summed E-state index contributed by atoms with van der Waals surface area (Å²) in [6, 6.07) is 4.33. The molecule has 5 heterocycles. The average Bonchev–Trinajstić information content (AvgIpc) is 3.14. The molecule has 1 saturated carbocycles. The highest BCUT2D eigenvalue weighted by molar-refractivity contribution is 5.99. The minimum atomic E-state index is -0.103. The molecule has 28 heavy (non-hydrogen) atoms. The van der Waals surface area contributed by atoms with E-state index >= 15 is 0 Å². The van der Waals surface area contributed by atoms with Crippen LogP contribution in [0.2, 0.25) is 0 Å². The predicted molar refractivity (Wildman–Crippen MR) is 102 cm³/mol. The molecule has 1 spiro atoms. The normalized spacial score (nSPS) is 42.2. The highest BCUT2D eigenvalue weighted by Crippen LogP contribution is 2.66. The number of fused-ring (bicyclic) bond motifs is 2. The number of benzene rings is 1. The smallest absolute Gasteiger partial charge is 0.229 e. The van der Waals surface area contributed by atoms with Crippen molar-refractivity contribution in [1.29, 1.82) is 0 Å². The molecule has 0 aromatic heterocycles. The van der Waals surface area contributed by atoms with Gasteiger partial charge in [-0.25, -0.2) is 0 Å². The molecule has 0 radical (unpaired) electrons. The summed E-state index contributed by atoms with van der Waals surface area (Å²) in [5.41, 5.74) is 3.51. The second-order valence-corrected chi connectivity index (χ2v) is 9.30. The minimum absolute atomic E-state index is 0.00211. The van der Waals surface area contributed by atoms with Gasteiger partial charge in [-0.3, -0.25) is 9.69 Å². The lowest BCUT2D eigenvalue weighted by Crippen LogP contribution is -2.69. The molecule has 6 nitrogen and oxygen atoms in total. The van der Waals surface area contributed by atoms with Gasteiger partial charge in [0.1, 0.15) is 0 Å². The van der Waals surface area contributed by atoms with Crippen molar-refractivity contribution in [1.82, 2.24) is 4.90 Å². The van der Waals surface area contributed by atoms with Gasteiger partial charge in [-0.2, -0.15) is 0 Å². The number of anilines is 1. The van der Waals surface area contributed by atoms with E-state index in [-0.39, 0.29) is 29.2 Å². The molecule has 146 valence electrons. The molecule has 1 aliphatic carbocycles. The van der Waals surface area contributed by atoms with Crippen molar-refractivity contribution in [3.05, 3.63) is 29.3 Å². The molecule has 1 amide bonds. The number of nitrogens with zero attached hydrogens (tertiary/aromatic N) is 2. The molecule has 1 N–H and O–H groups in total. The number of carbonyl (C=O) groups is 1. The Morgan fingerprint density at radius 2 is 2.25 bits per heavy atom. The minimum Gasteiger partial charge on any atom is -0.504 e. The predicted octanol–water partition coefficient (Wildman–Crippen LogP) is 1.81. The summed E-state index contributed by atoms with van der Waals surface area (Å²) in [4.78, 5) is 18.0. The van der Waals surface area contributed by atoms with Crippen LogP contribution in [-0.2, 0) is 14.9 Å². The summed E-state index contributed by atoms with van der Waals surface area (Å²) >= 11 is 0. The van der Waals surface area contributed by atoms with Crippen LogP contribution in [0.5, 0.6) is 11.5 Å². The molecule has 6 atom stereocenters. The van der Waals surface area contributed by atoms with Gasteiger partial charge in [-0.05, 0) is 36.9 Å². The van der Waals surface area contributed by atoms with Crippen LogP contribution in [0.4, 0.5) is 5.69 Å². The van der Waals surface area contributed by atoms with E-state index in [1.807, 2.05) is 12.1 Å². The Morgan fingerprint density at radius 3 is 3.11 bits per heavy atom. The Balaban J connectivity index is 1.53. The fraction of sp³-hybridized carbons (Fsp3) is 0.591. The quantitative estimate of drug-likeness (QED) is 0.753. The topological polar surface area (TPSA) is 62.2 Å². The zero-order valence-electron chi connectivity index (χ0n) is 15.9. The lowest BCUT2D eigenvalue weighted by atomic mass is 9.53. The van der Waals surface area contributed by atoms with Gasteiger partial charge in [0.05, 0.1) is 38.0 Å². The third-order valence-corrected chi connectivity index (χ3v) is 8.61. The number of ether oxygens (including phenoxy) is 2. The second-order valence-electron chi connectivity index (χ2n) is 9.30. The summed E-state index contributed by atoms with van der Waals surface area (Å²) in [5.74, 6) is 1.61. The fourth-order valence-corrected chi connectivity index (χ4v) is 7.72. The Morgan fingerprint density at radius 1 is 1.36 bits per heavy atom. The maximum Gasteiger partial charge on any atom is 0.229 e. The molecule has 2 bridgehead atoms. The van der Waals surface area contributed by atoms with Crippen molar-refractivity contribution in [2.45, 2.75) is 42.9 Å². The van der Waals surface area contributed by atoms with Crippen LogP contribution in [0, 0.1) is 11.8 Å². The highest BCUT2D eigenvalue weighted by Gasteiger charge is 2.71. The van der Waals surface area contributed by atoms with Crippen LogP contribution in [0.1, 0.15) is 24.8 Å². The zero-order chi connectivity index (χ0) is 18.8. The number of phenolic OH excluding ortho intramolecular Hbond substituents is 1. The summed E-state index contributed by atoms with van der Waals surface area (Å²) in [7, 11) is 1.57. The summed E-state index contributed by atoms with van der Waals surface area (Å²) in [6.45, 7) is 2.71. The lowest BCUT2D eigenvalue weighted by Gasteiger charge is -2.58. The van der Waals surface area contributed by atoms with Crippen molar-refractivity contribution in [3.63, 3.8) is 0 Å². The van der Waals surface area contributed by atoms with Gasteiger partial charge in [-0.1, -0.05) is 11.6 Å². The molecule has 6 heteroatoms. The average molecular weight is 380 g/mol. The van der Waals surface area contributed by atoms with E-state index in [9.17, 15) is 9.90 Å². The number of amides is 1. The Labute approximate surface area is 163 Å². The van der Waals surface area contributed by atoms with Crippen LogP contribution >= 0.6 is 0 Å². The fourth-order valence-electron chi connectivity index (χ4n) is 7.72. The van der Waals surface area contributed by atoms with Gasteiger partial charge in [0.25, 0.3) is 0 Å². The summed E-state index contributed by atoms with van der Waals surface area (Å²) in [5, 5.41) is 10.6. The van der Waals surface area contributed by atoms with E-state index in [4.69, 9.17) is 9.47 Å². The van der Waals surface area contributed by atoms with Crippen LogP contribution in [0.25, 0.3) is 0 Å². The molecular weight excluding hydrogens is 356 g/mol. The first-order valence-electron chi connectivity index (χ1n) is 10.4. The number of hydrogen-bond acceptors (Lipinski definition) is 5. The van der Waals surface area contributed by atoms with E-state index in [2.05, 4.69) is 15.9 Å². The molecule has 0 unspecified atom stereocenters. The third-order valence-electron chi connectivity index (χ3n) is 8.61. The van der Waals surface area contributed by atoms with Crippen molar-refractivity contribution in [2.75, 3.05) is 31.7 Å². The lowest BCUT2D eigenvalue weighted by molar-refractivity contribution is -0.132. The van der Waals surface area contributed by atoms with Crippen LogP contribution in [-0.4, -0.2) is 60.9 Å². The van der Waals surface area contributed by atoms with E-state index in [0.29, 0.717) is 36.7 Å². The number of methoxy groups -OCH3 is 1. The molecule has 1 aromatic rings. The van der Waals surface area contributed by atoms with E-state index in [1.54, 1.807) is 7.11 Å². The van der Waals surface area contributed by atoms with Gasteiger partial charge < -0.3 is 19.5 Å². The van der Waals surface area contributed by atoms with E-state index in [0.717, 1.165) is 37.2 Å². The van der Waals surface area contributed by atoms with E-state index < -0.39 is 0 Å². The molecule has 1 aromatic carbocycles. The Bertz CT molecular complexity index is 958. The number of rotatable bonds is 1. The monoisotopic (exact) mass is 380 g/mol. The third kappa shape index (κ3) is 1.56.